The second-order valence-electron chi connectivity index (χ2n) is 6.07. The minimum absolute atomic E-state index is 0.0498. The van der Waals surface area contributed by atoms with E-state index in [2.05, 4.69) is 5.32 Å². The number of carbonyl (C=O) groups is 4. The van der Waals surface area contributed by atoms with Crippen molar-refractivity contribution in [2.24, 2.45) is 0 Å². The molecule has 2 amide bonds. The second-order valence-corrected chi connectivity index (χ2v) is 6.07. The molecule has 0 aliphatic carbocycles. The van der Waals surface area contributed by atoms with Gasteiger partial charge in [-0.3, -0.25) is 4.79 Å². The lowest BCUT2D eigenvalue weighted by Gasteiger charge is -2.14. The normalized spacial score (nSPS) is 18.6. The van der Waals surface area contributed by atoms with Crippen molar-refractivity contribution in [3.8, 4) is 0 Å². The summed E-state index contributed by atoms with van der Waals surface area (Å²) in [5, 5.41) is 2.40. The number of ether oxygens (including phenoxy) is 3. The standard InChI is InChI=1S/C19H24N2O7/c1-4-26-17(23)14-15(18(24)27-5-2)21(14)16(22)12(3)20-19(25)28-11-13-9-7-6-8-10-13/h6-10,12,14-15H,4-5,11H2,1-3H3,(H,20,25)/t12-,14-,15-/m0/s1. The van der Waals surface area contributed by atoms with Crippen LogP contribution >= 0.6 is 0 Å². The molecule has 1 fully saturated rings. The van der Waals surface area contributed by atoms with Crippen LogP contribution in [0.25, 0.3) is 0 Å². The van der Waals surface area contributed by atoms with E-state index in [-0.39, 0.29) is 19.8 Å². The molecule has 0 radical (unpaired) electrons. The molecule has 1 N–H and O–H groups in total. The summed E-state index contributed by atoms with van der Waals surface area (Å²) in [5.41, 5.74) is 0.798. The van der Waals surface area contributed by atoms with E-state index in [9.17, 15) is 19.2 Å². The summed E-state index contributed by atoms with van der Waals surface area (Å²) in [6, 6.07) is 5.97. The number of alkyl carbamates (subject to hydrolysis) is 1. The maximum atomic E-state index is 12.6. The monoisotopic (exact) mass is 392 g/mol. The Hall–Kier alpha value is -3.10. The third-order valence-electron chi connectivity index (χ3n) is 4.04. The highest BCUT2D eigenvalue weighted by Gasteiger charge is 2.62. The van der Waals surface area contributed by atoms with Crippen molar-refractivity contribution < 1.29 is 33.4 Å². The average molecular weight is 392 g/mol. The predicted molar refractivity (Wildman–Crippen MR) is 96.9 cm³/mol. The molecule has 152 valence electrons. The van der Waals surface area contributed by atoms with Gasteiger partial charge in [-0.25, -0.2) is 14.4 Å². The van der Waals surface area contributed by atoms with Crippen molar-refractivity contribution in [3.05, 3.63) is 35.9 Å². The summed E-state index contributed by atoms with van der Waals surface area (Å²) in [6.07, 6.45) is -0.785. The van der Waals surface area contributed by atoms with Gasteiger partial charge in [-0.2, -0.15) is 0 Å². The van der Waals surface area contributed by atoms with E-state index in [1.807, 2.05) is 18.2 Å². The smallest absolute Gasteiger partial charge is 0.408 e. The number of hydrogen-bond acceptors (Lipinski definition) is 7. The summed E-state index contributed by atoms with van der Waals surface area (Å²) < 4.78 is 14.9. The molecule has 3 atom stereocenters. The zero-order valence-corrected chi connectivity index (χ0v) is 16.0. The first kappa shape index (κ1) is 21.2. The fourth-order valence-electron chi connectivity index (χ4n) is 2.67. The third-order valence-corrected chi connectivity index (χ3v) is 4.04. The van der Waals surface area contributed by atoms with Crippen LogP contribution in [-0.4, -0.2) is 60.2 Å². The molecule has 9 heteroatoms. The molecule has 2 rings (SSSR count). The van der Waals surface area contributed by atoms with E-state index in [0.29, 0.717) is 0 Å². The number of nitrogens with zero attached hydrogens (tertiary/aromatic N) is 1. The zero-order valence-electron chi connectivity index (χ0n) is 16.0. The Balaban J connectivity index is 1.93. The first-order chi connectivity index (χ1) is 13.4. The first-order valence-corrected chi connectivity index (χ1v) is 9.03. The Labute approximate surface area is 162 Å². The van der Waals surface area contributed by atoms with Gasteiger partial charge >= 0.3 is 18.0 Å². The van der Waals surface area contributed by atoms with Crippen LogP contribution in [0.2, 0.25) is 0 Å². The molecule has 1 aliphatic rings. The van der Waals surface area contributed by atoms with E-state index in [1.54, 1.807) is 26.0 Å². The lowest BCUT2D eigenvalue weighted by molar-refractivity contribution is -0.147. The molecule has 0 unspecified atom stereocenters. The molecule has 1 aliphatic heterocycles. The summed E-state index contributed by atoms with van der Waals surface area (Å²) >= 11 is 0. The van der Waals surface area contributed by atoms with Gasteiger partial charge in [0.2, 0.25) is 5.91 Å². The number of carbonyl (C=O) groups excluding carboxylic acids is 4. The van der Waals surface area contributed by atoms with Gasteiger partial charge in [0.05, 0.1) is 13.2 Å². The van der Waals surface area contributed by atoms with Crippen molar-refractivity contribution in [1.29, 1.82) is 0 Å². The van der Waals surface area contributed by atoms with Crippen molar-refractivity contribution in [2.45, 2.75) is 45.5 Å². The van der Waals surface area contributed by atoms with E-state index in [0.717, 1.165) is 10.5 Å². The summed E-state index contributed by atoms with van der Waals surface area (Å²) in [5.74, 6) is -1.98. The minimum atomic E-state index is -1.05. The van der Waals surface area contributed by atoms with E-state index < -0.39 is 42.1 Å². The van der Waals surface area contributed by atoms with E-state index >= 15 is 0 Å². The number of amides is 2. The van der Waals surface area contributed by atoms with Gasteiger partial charge in [-0.15, -0.1) is 0 Å². The molecule has 1 aromatic carbocycles. The number of esters is 2. The van der Waals surface area contributed by atoms with E-state index in [4.69, 9.17) is 14.2 Å². The highest BCUT2D eigenvalue weighted by molar-refractivity contribution is 6.02. The van der Waals surface area contributed by atoms with Gasteiger partial charge in [0.15, 0.2) is 12.1 Å². The minimum Gasteiger partial charge on any atom is -0.464 e. The highest BCUT2D eigenvalue weighted by Crippen LogP contribution is 2.31. The molecule has 0 bridgehead atoms. The van der Waals surface area contributed by atoms with Crippen LogP contribution in [0.15, 0.2) is 30.3 Å². The fraction of sp³-hybridized carbons (Fsp3) is 0.474. The maximum Gasteiger partial charge on any atom is 0.408 e. The SMILES string of the molecule is CCOC(=O)[C@@H]1[C@@H](C(=O)OCC)N1C(=O)[C@H](C)NC(=O)OCc1ccccc1. The van der Waals surface area contributed by atoms with Crippen molar-refractivity contribution >= 4 is 23.9 Å². The molecule has 28 heavy (non-hydrogen) atoms. The lowest BCUT2D eigenvalue weighted by Crippen LogP contribution is -2.43. The van der Waals surface area contributed by atoms with Gasteiger partial charge in [0.1, 0.15) is 12.6 Å². The molecule has 1 saturated heterocycles. The van der Waals surface area contributed by atoms with E-state index in [1.165, 1.54) is 6.92 Å². The molecule has 1 heterocycles. The van der Waals surface area contributed by atoms with Crippen LogP contribution in [0, 0.1) is 0 Å². The fourth-order valence-corrected chi connectivity index (χ4v) is 2.67. The maximum absolute atomic E-state index is 12.6. The van der Waals surface area contributed by atoms with Gasteiger partial charge in [-0.05, 0) is 26.3 Å². The predicted octanol–water partition coefficient (Wildman–Crippen LogP) is 1.01. The number of benzene rings is 1. The van der Waals surface area contributed by atoms with Gasteiger partial charge in [-0.1, -0.05) is 30.3 Å². The Morgan fingerprint density at radius 2 is 1.50 bits per heavy atom. The molecule has 0 saturated carbocycles. The van der Waals surface area contributed by atoms with Gasteiger partial charge < -0.3 is 24.4 Å². The summed E-state index contributed by atoms with van der Waals surface area (Å²) in [7, 11) is 0. The molecular formula is C19H24N2O7. The van der Waals surface area contributed by atoms with Gasteiger partial charge in [0.25, 0.3) is 0 Å². The number of rotatable bonds is 8. The van der Waals surface area contributed by atoms with Crippen LogP contribution in [-0.2, 0) is 35.2 Å². The molecule has 9 nitrogen and oxygen atoms in total. The van der Waals surface area contributed by atoms with Crippen LogP contribution in [0.1, 0.15) is 26.3 Å². The van der Waals surface area contributed by atoms with Gasteiger partial charge in [0, 0.05) is 0 Å². The highest BCUT2D eigenvalue weighted by atomic mass is 16.6. The summed E-state index contributed by atoms with van der Waals surface area (Å²) in [4.78, 5) is 49.6. The molecule has 0 aromatic heterocycles. The Kier molecular flexibility index (Phi) is 7.36. The van der Waals surface area contributed by atoms with Crippen molar-refractivity contribution in [2.75, 3.05) is 13.2 Å². The average Bonchev–Trinajstić information content (AvgIpc) is 3.43. The van der Waals surface area contributed by atoms with Crippen LogP contribution in [0.4, 0.5) is 4.79 Å². The Bertz CT molecular complexity index is 698. The van der Waals surface area contributed by atoms with Crippen molar-refractivity contribution in [3.63, 3.8) is 0 Å². The topological polar surface area (TPSA) is 111 Å². The second kappa shape index (κ2) is 9.72. The first-order valence-electron chi connectivity index (χ1n) is 9.03. The summed E-state index contributed by atoms with van der Waals surface area (Å²) in [6.45, 7) is 4.97. The Morgan fingerprint density at radius 3 is 2.00 bits per heavy atom. The zero-order chi connectivity index (χ0) is 20.7. The van der Waals surface area contributed by atoms with Crippen molar-refractivity contribution in [1.82, 2.24) is 10.2 Å². The van der Waals surface area contributed by atoms with Crippen LogP contribution in [0.3, 0.4) is 0 Å². The quantitative estimate of drug-likeness (QED) is 0.399. The third kappa shape index (κ3) is 5.21. The largest absolute Gasteiger partial charge is 0.464 e. The number of hydrogen-bond donors (Lipinski definition) is 1. The molecular weight excluding hydrogens is 368 g/mol. The molecule has 1 aromatic rings. The van der Waals surface area contributed by atoms with Crippen LogP contribution in [0.5, 0.6) is 0 Å². The van der Waals surface area contributed by atoms with Crippen LogP contribution < -0.4 is 5.32 Å². The lowest BCUT2D eigenvalue weighted by atomic mass is 10.2. The Morgan fingerprint density at radius 1 is 0.964 bits per heavy atom. The molecule has 0 spiro atoms. The number of nitrogens with one attached hydrogen (secondary N) is 1.